The molecule has 0 aliphatic carbocycles. The average molecular weight is 297 g/mol. The fourth-order valence-corrected chi connectivity index (χ4v) is 2.12. The maximum Gasteiger partial charge on any atom is 0.240 e. The van der Waals surface area contributed by atoms with Crippen LogP contribution in [0.4, 0.5) is 5.69 Å². The van der Waals surface area contributed by atoms with Gasteiger partial charge in [0.15, 0.2) is 0 Å². The van der Waals surface area contributed by atoms with Crippen molar-refractivity contribution in [2.45, 2.75) is 33.6 Å². The van der Waals surface area contributed by atoms with Crippen molar-refractivity contribution in [1.29, 1.82) is 0 Å². The molecular weight excluding hydrogens is 276 g/mol. The number of hydrogen-bond donors (Lipinski definition) is 1. The molecule has 0 heterocycles. The van der Waals surface area contributed by atoms with Crippen LogP contribution in [0.5, 0.6) is 0 Å². The number of aryl methyl sites for hydroxylation is 1. The van der Waals surface area contributed by atoms with Crippen molar-refractivity contribution >= 4 is 29.1 Å². The second-order valence-electron chi connectivity index (χ2n) is 4.74. The van der Waals surface area contributed by atoms with Gasteiger partial charge in [-0.1, -0.05) is 24.9 Å². The summed E-state index contributed by atoms with van der Waals surface area (Å²) < 4.78 is 0. The van der Waals surface area contributed by atoms with Gasteiger partial charge in [-0.3, -0.25) is 9.59 Å². The van der Waals surface area contributed by atoms with Crippen molar-refractivity contribution in [3.63, 3.8) is 0 Å². The Morgan fingerprint density at radius 3 is 2.60 bits per heavy atom. The number of anilines is 1. The number of benzene rings is 1. The Bertz CT molecular complexity index is 489. The first kappa shape index (κ1) is 16.5. The summed E-state index contributed by atoms with van der Waals surface area (Å²) in [6.45, 7) is 6.05. The molecule has 0 aromatic heterocycles. The monoisotopic (exact) mass is 296 g/mol. The minimum absolute atomic E-state index is 0.0293. The molecule has 1 N–H and O–H groups in total. The van der Waals surface area contributed by atoms with Crippen molar-refractivity contribution in [3.8, 4) is 0 Å². The number of unbranched alkanes of at least 4 members (excludes halogenated alkanes) is 1. The number of nitrogens with one attached hydrogen (secondary N) is 1. The van der Waals surface area contributed by atoms with E-state index in [1.807, 2.05) is 6.92 Å². The Morgan fingerprint density at radius 1 is 1.35 bits per heavy atom. The van der Waals surface area contributed by atoms with Gasteiger partial charge in [0, 0.05) is 24.2 Å². The SMILES string of the molecule is CCCCNC(=O)CN(C(C)=O)c1ccc(Cl)cc1C. The summed E-state index contributed by atoms with van der Waals surface area (Å²) >= 11 is 5.91. The molecule has 1 aromatic rings. The van der Waals surface area contributed by atoms with Gasteiger partial charge < -0.3 is 10.2 Å². The Kier molecular flexibility index (Phi) is 6.52. The van der Waals surface area contributed by atoms with Gasteiger partial charge >= 0.3 is 0 Å². The molecular formula is C15H21ClN2O2. The van der Waals surface area contributed by atoms with E-state index in [0.29, 0.717) is 17.3 Å². The maximum atomic E-state index is 11.9. The molecule has 0 atom stereocenters. The first-order valence-corrected chi connectivity index (χ1v) is 7.14. The highest BCUT2D eigenvalue weighted by atomic mass is 35.5. The third kappa shape index (κ3) is 4.85. The van der Waals surface area contributed by atoms with Crippen molar-refractivity contribution < 1.29 is 9.59 Å². The summed E-state index contributed by atoms with van der Waals surface area (Å²) in [7, 11) is 0. The molecule has 0 saturated heterocycles. The Balaban J connectivity index is 2.79. The summed E-state index contributed by atoms with van der Waals surface area (Å²) in [5, 5.41) is 3.42. The van der Waals surface area contributed by atoms with Crippen LogP contribution in [0.25, 0.3) is 0 Å². The van der Waals surface area contributed by atoms with E-state index in [1.165, 1.54) is 11.8 Å². The summed E-state index contributed by atoms with van der Waals surface area (Å²) in [5.74, 6) is -0.316. The van der Waals surface area contributed by atoms with Gasteiger partial charge in [-0.25, -0.2) is 0 Å². The van der Waals surface area contributed by atoms with Crippen LogP contribution in [-0.2, 0) is 9.59 Å². The highest BCUT2D eigenvalue weighted by Crippen LogP contribution is 2.23. The van der Waals surface area contributed by atoms with Crippen LogP contribution in [0.3, 0.4) is 0 Å². The molecule has 0 bridgehead atoms. The second-order valence-corrected chi connectivity index (χ2v) is 5.18. The number of halogens is 1. The van der Waals surface area contributed by atoms with Crippen LogP contribution < -0.4 is 10.2 Å². The van der Waals surface area contributed by atoms with Gasteiger partial charge in [0.2, 0.25) is 11.8 Å². The van der Waals surface area contributed by atoms with E-state index in [4.69, 9.17) is 11.6 Å². The molecule has 1 aromatic carbocycles. The minimum atomic E-state index is -0.166. The maximum absolute atomic E-state index is 11.9. The van der Waals surface area contributed by atoms with Crippen molar-refractivity contribution in [3.05, 3.63) is 28.8 Å². The molecule has 0 radical (unpaired) electrons. The third-order valence-corrected chi connectivity index (χ3v) is 3.22. The van der Waals surface area contributed by atoms with Crippen LogP contribution in [0.15, 0.2) is 18.2 Å². The number of carbonyl (C=O) groups is 2. The summed E-state index contributed by atoms with van der Waals surface area (Å²) in [5.41, 5.74) is 1.58. The normalized spacial score (nSPS) is 10.2. The van der Waals surface area contributed by atoms with Gasteiger partial charge in [0.05, 0.1) is 0 Å². The smallest absolute Gasteiger partial charge is 0.240 e. The van der Waals surface area contributed by atoms with Crippen LogP contribution in [0, 0.1) is 6.92 Å². The standard InChI is InChI=1S/C15H21ClN2O2/c1-4-5-8-17-15(20)10-18(12(3)19)14-7-6-13(16)9-11(14)2/h6-7,9H,4-5,8,10H2,1-3H3,(H,17,20). The van der Waals surface area contributed by atoms with Crippen LogP contribution in [0.1, 0.15) is 32.3 Å². The van der Waals surface area contributed by atoms with E-state index in [0.717, 1.165) is 18.4 Å². The molecule has 0 aliphatic rings. The molecule has 2 amide bonds. The Morgan fingerprint density at radius 2 is 2.05 bits per heavy atom. The fraction of sp³-hybridized carbons (Fsp3) is 0.467. The lowest BCUT2D eigenvalue weighted by molar-refractivity contribution is -0.123. The second kappa shape index (κ2) is 7.90. The first-order chi connectivity index (χ1) is 9.45. The lowest BCUT2D eigenvalue weighted by atomic mass is 10.1. The first-order valence-electron chi connectivity index (χ1n) is 6.76. The van der Waals surface area contributed by atoms with E-state index in [1.54, 1.807) is 18.2 Å². The Labute approximate surface area is 125 Å². The predicted molar refractivity (Wildman–Crippen MR) is 82.1 cm³/mol. The lowest BCUT2D eigenvalue weighted by Crippen LogP contribution is -2.40. The number of hydrogen-bond acceptors (Lipinski definition) is 2. The minimum Gasteiger partial charge on any atom is -0.355 e. The number of rotatable bonds is 6. The molecule has 0 fully saturated rings. The molecule has 0 unspecified atom stereocenters. The highest BCUT2D eigenvalue weighted by Gasteiger charge is 2.17. The highest BCUT2D eigenvalue weighted by molar-refractivity contribution is 6.30. The van der Waals surface area contributed by atoms with Gasteiger partial charge in [0.25, 0.3) is 0 Å². The lowest BCUT2D eigenvalue weighted by Gasteiger charge is -2.22. The zero-order valence-electron chi connectivity index (χ0n) is 12.2. The van der Waals surface area contributed by atoms with E-state index in [2.05, 4.69) is 12.2 Å². The van der Waals surface area contributed by atoms with Crippen LogP contribution in [0.2, 0.25) is 5.02 Å². The number of nitrogens with zero attached hydrogens (tertiary/aromatic N) is 1. The van der Waals surface area contributed by atoms with Crippen LogP contribution >= 0.6 is 11.6 Å². The largest absolute Gasteiger partial charge is 0.355 e. The molecule has 110 valence electrons. The van der Waals surface area contributed by atoms with Gasteiger partial charge in [-0.05, 0) is 37.1 Å². The van der Waals surface area contributed by atoms with Crippen molar-refractivity contribution in [1.82, 2.24) is 5.32 Å². The van der Waals surface area contributed by atoms with Gasteiger partial charge in [-0.2, -0.15) is 0 Å². The average Bonchev–Trinajstić information content (AvgIpc) is 2.37. The summed E-state index contributed by atoms with van der Waals surface area (Å²) in [6, 6.07) is 5.26. The molecule has 1 rings (SSSR count). The molecule has 0 aliphatic heterocycles. The van der Waals surface area contributed by atoms with Crippen molar-refractivity contribution in [2.75, 3.05) is 18.0 Å². The van der Waals surface area contributed by atoms with Crippen molar-refractivity contribution in [2.24, 2.45) is 0 Å². The summed E-state index contributed by atoms with van der Waals surface area (Å²) in [6.07, 6.45) is 1.96. The number of carbonyl (C=O) groups excluding carboxylic acids is 2. The van der Waals surface area contributed by atoms with E-state index >= 15 is 0 Å². The zero-order valence-corrected chi connectivity index (χ0v) is 13.0. The third-order valence-electron chi connectivity index (χ3n) is 2.98. The molecule has 0 saturated carbocycles. The van der Waals surface area contributed by atoms with E-state index in [-0.39, 0.29) is 18.4 Å². The predicted octanol–water partition coefficient (Wildman–Crippen LogP) is 2.92. The van der Waals surface area contributed by atoms with Gasteiger partial charge in [0.1, 0.15) is 6.54 Å². The van der Waals surface area contributed by atoms with E-state index in [9.17, 15) is 9.59 Å². The fourth-order valence-electron chi connectivity index (χ4n) is 1.89. The number of amides is 2. The van der Waals surface area contributed by atoms with Crippen LogP contribution in [-0.4, -0.2) is 24.9 Å². The molecule has 4 nitrogen and oxygen atoms in total. The molecule has 0 spiro atoms. The Hall–Kier alpha value is -1.55. The summed E-state index contributed by atoms with van der Waals surface area (Å²) in [4.78, 5) is 25.1. The molecule has 5 heteroatoms. The molecule has 20 heavy (non-hydrogen) atoms. The topological polar surface area (TPSA) is 49.4 Å². The van der Waals surface area contributed by atoms with E-state index < -0.39 is 0 Å². The van der Waals surface area contributed by atoms with Gasteiger partial charge in [-0.15, -0.1) is 0 Å². The quantitative estimate of drug-likeness (QED) is 0.821. The zero-order chi connectivity index (χ0) is 15.1.